The Bertz CT molecular complexity index is 438. The van der Waals surface area contributed by atoms with Crippen LogP contribution in [-0.2, 0) is 11.2 Å². The summed E-state index contributed by atoms with van der Waals surface area (Å²) >= 11 is 4.93. The summed E-state index contributed by atoms with van der Waals surface area (Å²) < 4.78 is 1.03. The molecule has 2 amide bonds. The van der Waals surface area contributed by atoms with Crippen molar-refractivity contribution < 1.29 is 19.8 Å². The van der Waals surface area contributed by atoms with E-state index >= 15 is 0 Å². The van der Waals surface area contributed by atoms with Gasteiger partial charge in [0.15, 0.2) is 0 Å². The van der Waals surface area contributed by atoms with Crippen molar-refractivity contribution in [3.05, 3.63) is 20.8 Å². The van der Waals surface area contributed by atoms with Crippen LogP contribution in [0.25, 0.3) is 0 Å². The van der Waals surface area contributed by atoms with Crippen LogP contribution in [0, 0.1) is 0 Å². The van der Waals surface area contributed by atoms with Crippen molar-refractivity contribution in [2.45, 2.75) is 18.9 Å². The fraction of sp³-hybridized carbons (Fsp3) is 0.455. The van der Waals surface area contributed by atoms with Gasteiger partial charge in [0.2, 0.25) is 0 Å². The summed E-state index contributed by atoms with van der Waals surface area (Å²) in [6.45, 7) is 0.130. The number of rotatable bonds is 7. The number of halogens is 1. The topological polar surface area (TPSA) is 98.7 Å². The molecular weight excluding hydrogens is 336 g/mol. The average molecular weight is 351 g/mol. The monoisotopic (exact) mass is 350 g/mol. The Balaban J connectivity index is 2.28. The molecule has 0 saturated heterocycles. The Hall–Kier alpha value is -1.12. The molecule has 0 saturated carbocycles. The largest absolute Gasteiger partial charge is 0.480 e. The van der Waals surface area contributed by atoms with Crippen LogP contribution in [-0.4, -0.2) is 41.4 Å². The highest BCUT2D eigenvalue weighted by molar-refractivity contribution is 9.11. The number of nitrogens with one attached hydrogen (secondary N) is 2. The lowest BCUT2D eigenvalue weighted by atomic mass is 10.2. The molecule has 8 heteroatoms. The number of carboxylic acid groups (broad SMARTS) is 1. The van der Waals surface area contributed by atoms with E-state index in [9.17, 15) is 9.59 Å². The van der Waals surface area contributed by atoms with E-state index in [0.29, 0.717) is 13.0 Å². The molecule has 0 aliphatic heterocycles. The van der Waals surface area contributed by atoms with Gasteiger partial charge in [-0.3, -0.25) is 0 Å². The van der Waals surface area contributed by atoms with Crippen molar-refractivity contribution in [2.24, 2.45) is 0 Å². The van der Waals surface area contributed by atoms with Crippen molar-refractivity contribution in [3.63, 3.8) is 0 Å². The summed E-state index contributed by atoms with van der Waals surface area (Å²) in [6.07, 6.45) is 0.669. The highest BCUT2D eigenvalue weighted by Crippen LogP contribution is 2.21. The molecule has 6 nitrogen and oxygen atoms in total. The van der Waals surface area contributed by atoms with Gasteiger partial charge in [0.25, 0.3) is 0 Å². The molecule has 1 aromatic heterocycles. The van der Waals surface area contributed by atoms with Crippen molar-refractivity contribution in [3.8, 4) is 0 Å². The van der Waals surface area contributed by atoms with E-state index in [1.165, 1.54) is 0 Å². The second-order valence-corrected chi connectivity index (χ2v) is 6.31. The van der Waals surface area contributed by atoms with Crippen LogP contribution < -0.4 is 10.6 Å². The van der Waals surface area contributed by atoms with Gasteiger partial charge >= 0.3 is 12.0 Å². The summed E-state index contributed by atoms with van der Waals surface area (Å²) in [4.78, 5) is 23.3. The molecule has 1 atom stereocenters. The number of hydrogen-bond acceptors (Lipinski definition) is 4. The maximum atomic E-state index is 11.5. The molecular formula is C11H15BrN2O4S. The van der Waals surface area contributed by atoms with Gasteiger partial charge < -0.3 is 20.8 Å². The minimum atomic E-state index is -1.16. The number of aliphatic hydroxyl groups is 1. The second kappa shape index (κ2) is 8.13. The predicted molar refractivity (Wildman–Crippen MR) is 75.4 cm³/mol. The Labute approximate surface area is 123 Å². The van der Waals surface area contributed by atoms with Crippen molar-refractivity contribution in [2.75, 3.05) is 13.2 Å². The molecule has 0 radical (unpaired) electrons. The van der Waals surface area contributed by atoms with E-state index in [-0.39, 0.29) is 13.0 Å². The fourth-order valence-corrected chi connectivity index (χ4v) is 2.86. The number of aliphatic carboxylic acids is 1. The molecule has 0 fully saturated rings. The molecule has 1 heterocycles. The standard InChI is InChI=1S/C11H15BrN2O4S/c12-9-2-1-7(19-9)3-5-13-11(18)14-8(4-6-15)10(16)17/h1-2,8,15H,3-6H2,(H,16,17)(H2,13,14,18)/t8-/m0/s1. The summed E-state index contributed by atoms with van der Waals surface area (Å²) in [5.41, 5.74) is 0. The van der Waals surface area contributed by atoms with Crippen molar-refractivity contribution in [1.82, 2.24) is 10.6 Å². The van der Waals surface area contributed by atoms with Gasteiger partial charge in [-0.1, -0.05) is 0 Å². The number of carbonyl (C=O) groups is 2. The molecule has 0 unspecified atom stereocenters. The number of amides is 2. The second-order valence-electron chi connectivity index (χ2n) is 3.76. The Morgan fingerprint density at radius 2 is 2.16 bits per heavy atom. The van der Waals surface area contributed by atoms with Crippen molar-refractivity contribution >= 4 is 39.3 Å². The van der Waals surface area contributed by atoms with E-state index in [0.717, 1.165) is 8.66 Å². The summed E-state index contributed by atoms with van der Waals surface area (Å²) in [6, 6.07) is 2.28. The summed E-state index contributed by atoms with van der Waals surface area (Å²) in [5, 5.41) is 22.4. The first kappa shape index (κ1) is 15.9. The van der Waals surface area contributed by atoms with Crippen LogP contribution in [0.2, 0.25) is 0 Å². The lowest BCUT2D eigenvalue weighted by Crippen LogP contribution is -2.46. The van der Waals surface area contributed by atoms with Crippen LogP contribution in [0.4, 0.5) is 4.79 Å². The Kier molecular flexibility index (Phi) is 6.82. The van der Waals surface area contributed by atoms with Gasteiger partial charge in [-0.15, -0.1) is 11.3 Å². The Morgan fingerprint density at radius 3 is 2.68 bits per heavy atom. The average Bonchev–Trinajstić information content (AvgIpc) is 2.74. The smallest absolute Gasteiger partial charge is 0.326 e. The molecule has 1 aromatic rings. The number of hydrogen-bond donors (Lipinski definition) is 4. The lowest BCUT2D eigenvalue weighted by molar-refractivity contribution is -0.139. The van der Waals surface area contributed by atoms with Gasteiger partial charge in [0, 0.05) is 24.4 Å². The fourth-order valence-electron chi connectivity index (χ4n) is 1.38. The van der Waals surface area contributed by atoms with E-state index in [2.05, 4.69) is 26.6 Å². The SMILES string of the molecule is O=C(NCCc1ccc(Br)s1)N[C@@H](CCO)C(=O)O. The number of urea groups is 1. The first-order valence-electron chi connectivity index (χ1n) is 5.65. The highest BCUT2D eigenvalue weighted by atomic mass is 79.9. The normalized spacial score (nSPS) is 11.9. The van der Waals surface area contributed by atoms with E-state index < -0.39 is 18.0 Å². The first-order chi connectivity index (χ1) is 9.02. The first-order valence-corrected chi connectivity index (χ1v) is 7.26. The number of carbonyl (C=O) groups excluding carboxylic acids is 1. The van der Waals surface area contributed by atoms with Gasteiger partial charge in [0.05, 0.1) is 3.79 Å². The third-order valence-corrected chi connectivity index (χ3v) is 3.99. The van der Waals surface area contributed by atoms with Gasteiger partial charge in [0.1, 0.15) is 6.04 Å². The van der Waals surface area contributed by atoms with Crippen LogP contribution >= 0.6 is 27.3 Å². The molecule has 0 aromatic carbocycles. The highest BCUT2D eigenvalue weighted by Gasteiger charge is 2.18. The minimum Gasteiger partial charge on any atom is -0.480 e. The third-order valence-electron chi connectivity index (χ3n) is 2.31. The number of aliphatic hydroxyl groups excluding tert-OH is 1. The molecule has 0 bridgehead atoms. The maximum absolute atomic E-state index is 11.5. The Morgan fingerprint density at radius 1 is 1.42 bits per heavy atom. The van der Waals surface area contributed by atoms with Crippen LogP contribution in [0.15, 0.2) is 15.9 Å². The zero-order chi connectivity index (χ0) is 14.3. The molecule has 0 spiro atoms. The van der Waals surface area contributed by atoms with E-state index in [4.69, 9.17) is 10.2 Å². The van der Waals surface area contributed by atoms with E-state index in [1.54, 1.807) is 11.3 Å². The summed E-state index contributed by atoms with van der Waals surface area (Å²) in [7, 11) is 0. The number of thiophene rings is 1. The van der Waals surface area contributed by atoms with Crippen LogP contribution in [0.5, 0.6) is 0 Å². The molecule has 106 valence electrons. The van der Waals surface area contributed by atoms with Gasteiger partial charge in [-0.25, -0.2) is 9.59 Å². The molecule has 19 heavy (non-hydrogen) atoms. The predicted octanol–water partition coefficient (Wildman–Crippen LogP) is 1.19. The van der Waals surface area contributed by atoms with Crippen LogP contribution in [0.3, 0.4) is 0 Å². The molecule has 0 aliphatic rings. The van der Waals surface area contributed by atoms with E-state index in [1.807, 2.05) is 12.1 Å². The third kappa shape index (κ3) is 6.04. The van der Waals surface area contributed by atoms with Crippen molar-refractivity contribution in [1.29, 1.82) is 0 Å². The molecule has 0 aliphatic carbocycles. The van der Waals surface area contributed by atoms with Gasteiger partial charge in [-0.2, -0.15) is 0 Å². The van der Waals surface area contributed by atoms with Crippen LogP contribution in [0.1, 0.15) is 11.3 Å². The van der Waals surface area contributed by atoms with Gasteiger partial charge in [-0.05, 0) is 34.5 Å². The molecule has 1 rings (SSSR count). The maximum Gasteiger partial charge on any atom is 0.326 e. The quantitative estimate of drug-likeness (QED) is 0.593. The minimum absolute atomic E-state index is 0.0133. The summed E-state index contributed by atoms with van der Waals surface area (Å²) in [5.74, 6) is -1.16. The zero-order valence-electron chi connectivity index (χ0n) is 10.1. The molecule has 4 N–H and O–H groups in total. The number of carboxylic acids is 1. The zero-order valence-corrected chi connectivity index (χ0v) is 12.5. The lowest BCUT2D eigenvalue weighted by Gasteiger charge is -2.13.